The van der Waals surface area contributed by atoms with Gasteiger partial charge >= 0.3 is 0 Å². The SMILES string of the molecule is C#CCN(CC1CC1)S(=O)(=O)c1cc(CN)ccc1Br. The first-order chi connectivity index (χ1) is 9.48. The first kappa shape index (κ1) is 15.5. The van der Waals surface area contributed by atoms with Crippen LogP contribution in [0.2, 0.25) is 0 Å². The van der Waals surface area contributed by atoms with E-state index in [-0.39, 0.29) is 11.4 Å². The van der Waals surface area contributed by atoms with Gasteiger partial charge in [0.15, 0.2) is 0 Å². The van der Waals surface area contributed by atoms with Gasteiger partial charge in [-0.3, -0.25) is 0 Å². The van der Waals surface area contributed by atoms with Gasteiger partial charge < -0.3 is 5.73 Å². The molecule has 0 unspecified atom stereocenters. The van der Waals surface area contributed by atoms with Crippen molar-refractivity contribution in [1.82, 2.24) is 4.31 Å². The summed E-state index contributed by atoms with van der Waals surface area (Å²) in [5.41, 5.74) is 6.36. The summed E-state index contributed by atoms with van der Waals surface area (Å²) >= 11 is 3.30. The van der Waals surface area contributed by atoms with Crippen LogP contribution in [0.4, 0.5) is 0 Å². The number of hydrogen-bond donors (Lipinski definition) is 1. The molecule has 1 aromatic carbocycles. The predicted octanol–water partition coefficient (Wildman–Crippen LogP) is 1.94. The van der Waals surface area contributed by atoms with Crippen molar-refractivity contribution in [2.75, 3.05) is 13.1 Å². The summed E-state index contributed by atoms with van der Waals surface area (Å²) in [5.74, 6) is 2.87. The molecule has 0 aromatic heterocycles. The molecule has 0 aliphatic heterocycles. The summed E-state index contributed by atoms with van der Waals surface area (Å²) in [6.45, 7) is 0.886. The lowest BCUT2D eigenvalue weighted by Gasteiger charge is -2.21. The Morgan fingerprint density at radius 3 is 2.70 bits per heavy atom. The number of terminal acetylenes is 1. The zero-order valence-electron chi connectivity index (χ0n) is 11.0. The Hall–Kier alpha value is -0.870. The van der Waals surface area contributed by atoms with Crippen LogP contribution in [-0.2, 0) is 16.6 Å². The van der Waals surface area contributed by atoms with Gasteiger partial charge in [0.1, 0.15) is 0 Å². The molecule has 2 rings (SSSR count). The van der Waals surface area contributed by atoms with Crippen molar-refractivity contribution in [3.05, 3.63) is 28.2 Å². The second kappa shape index (κ2) is 6.27. The highest BCUT2D eigenvalue weighted by Crippen LogP contribution is 2.33. The summed E-state index contributed by atoms with van der Waals surface area (Å²) in [7, 11) is -3.59. The molecule has 1 aliphatic carbocycles. The minimum atomic E-state index is -3.59. The average Bonchev–Trinajstić information content (AvgIpc) is 3.22. The van der Waals surface area contributed by atoms with Crippen molar-refractivity contribution >= 4 is 26.0 Å². The van der Waals surface area contributed by atoms with Crippen LogP contribution in [0.3, 0.4) is 0 Å². The molecule has 0 atom stereocenters. The van der Waals surface area contributed by atoms with Gasteiger partial charge in [0.25, 0.3) is 0 Å². The molecular formula is C14H17BrN2O2S. The van der Waals surface area contributed by atoms with Crippen LogP contribution in [-0.4, -0.2) is 25.8 Å². The third kappa shape index (κ3) is 3.41. The molecule has 0 heterocycles. The van der Waals surface area contributed by atoms with Gasteiger partial charge in [-0.1, -0.05) is 12.0 Å². The number of halogens is 1. The van der Waals surface area contributed by atoms with Crippen LogP contribution in [0, 0.1) is 18.3 Å². The molecule has 1 aliphatic rings. The van der Waals surface area contributed by atoms with Crippen molar-refractivity contribution < 1.29 is 8.42 Å². The van der Waals surface area contributed by atoms with E-state index in [0.717, 1.165) is 18.4 Å². The highest BCUT2D eigenvalue weighted by molar-refractivity contribution is 9.10. The summed E-state index contributed by atoms with van der Waals surface area (Å²) in [4.78, 5) is 0.233. The average molecular weight is 357 g/mol. The Balaban J connectivity index is 2.38. The van der Waals surface area contributed by atoms with Gasteiger partial charge in [-0.15, -0.1) is 6.42 Å². The van der Waals surface area contributed by atoms with Crippen molar-refractivity contribution in [2.24, 2.45) is 11.7 Å². The zero-order chi connectivity index (χ0) is 14.8. The van der Waals surface area contributed by atoms with E-state index in [2.05, 4.69) is 21.9 Å². The van der Waals surface area contributed by atoms with Crippen LogP contribution in [0.15, 0.2) is 27.6 Å². The standard InChI is InChI=1S/C14H17BrN2O2S/c1-2-7-17(10-11-3-4-11)20(18,19)14-8-12(9-16)5-6-13(14)15/h1,5-6,8,11H,3-4,7,9-10,16H2. The molecule has 0 saturated heterocycles. The fourth-order valence-electron chi connectivity index (χ4n) is 1.95. The Bertz CT molecular complexity index is 633. The van der Waals surface area contributed by atoms with Crippen LogP contribution < -0.4 is 5.73 Å². The minimum absolute atomic E-state index is 0.0954. The smallest absolute Gasteiger partial charge is 0.245 e. The number of nitrogens with two attached hydrogens (primary N) is 1. The molecule has 0 spiro atoms. The molecule has 1 fully saturated rings. The van der Waals surface area contributed by atoms with Gasteiger partial charge in [-0.2, -0.15) is 4.31 Å². The molecule has 20 heavy (non-hydrogen) atoms. The fourth-order valence-corrected chi connectivity index (χ4v) is 4.35. The minimum Gasteiger partial charge on any atom is -0.326 e. The largest absolute Gasteiger partial charge is 0.326 e. The molecule has 1 saturated carbocycles. The number of sulfonamides is 1. The van der Waals surface area contributed by atoms with E-state index in [9.17, 15) is 8.42 Å². The summed E-state index contributed by atoms with van der Waals surface area (Å²) < 4.78 is 27.4. The predicted molar refractivity (Wildman–Crippen MR) is 82.3 cm³/mol. The summed E-state index contributed by atoms with van der Waals surface area (Å²) in [5, 5.41) is 0. The fraction of sp³-hybridized carbons (Fsp3) is 0.429. The second-order valence-corrected chi connectivity index (χ2v) is 7.67. The Morgan fingerprint density at radius 2 is 2.15 bits per heavy atom. The molecule has 2 N–H and O–H groups in total. The van der Waals surface area contributed by atoms with Crippen molar-refractivity contribution in [3.8, 4) is 12.3 Å². The second-order valence-electron chi connectivity index (χ2n) is 4.91. The number of hydrogen-bond acceptors (Lipinski definition) is 3. The van der Waals surface area contributed by atoms with Crippen LogP contribution >= 0.6 is 15.9 Å². The highest BCUT2D eigenvalue weighted by atomic mass is 79.9. The Kier molecular flexibility index (Phi) is 4.86. The highest BCUT2D eigenvalue weighted by Gasteiger charge is 2.32. The van der Waals surface area contributed by atoms with Crippen LogP contribution in [0.1, 0.15) is 18.4 Å². The quantitative estimate of drug-likeness (QED) is 0.792. The third-order valence-electron chi connectivity index (χ3n) is 3.28. The van der Waals surface area contributed by atoms with Gasteiger partial charge in [-0.05, 0) is 52.4 Å². The van der Waals surface area contributed by atoms with Gasteiger partial charge in [0.2, 0.25) is 10.0 Å². The lowest BCUT2D eigenvalue weighted by atomic mass is 10.2. The molecule has 6 heteroatoms. The van der Waals surface area contributed by atoms with E-state index in [4.69, 9.17) is 12.2 Å². The number of rotatable bonds is 6. The van der Waals surface area contributed by atoms with E-state index >= 15 is 0 Å². The molecule has 108 valence electrons. The lowest BCUT2D eigenvalue weighted by molar-refractivity contribution is 0.430. The van der Waals surface area contributed by atoms with E-state index in [1.807, 2.05) is 0 Å². The van der Waals surface area contributed by atoms with Gasteiger partial charge in [0.05, 0.1) is 11.4 Å². The molecule has 0 bridgehead atoms. The van der Waals surface area contributed by atoms with Gasteiger partial charge in [-0.25, -0.2) is 8.42 Å². The maximum atomic E-state index is 12.7. The topological polar surface area (TPSA) is 63.4 Å². The number of benzene rings is 1. The van der Waals surface area contributed by atoms with E-state index in [0.29, 0.717) is 23.5 Å². The van der Waals surface area contributed by atoms with Gasteiger partial charge in [0, 0.05) is 17.6 Å². The summed E-state index contributed by atoms with van der Waals surface area (Å²) in [6.07, 6.45) is 7.45. The Labute approximate surface area is 128 Å². The maximum absolute atomic E-state index is 12.7. The third-order valence-corrected chi connectivity index (χ3v) is 6.08. The maximum Gasteiger partial charge on any atom is 0.245 e. The molecule has 1 aromatic rings. The lowest BCUT2D eigenvalue weighted by Crippen LogP contribution is -2.33. The van der Waals surface area contributed by atoms with E-state index < -0.39 is 10.0 Å². The Morgan fingerprint density at radius 1 is 1.45 bits per heavy atom. The van der Waals surface area contributed by atoms with Crippen LogP contribution in [0.25, 0.3) is 0 Å². The summed E-state index contributed by atoms with van der Waals surface area (Å²) in [6, 6.07) is 5.12. The first-order valence-electron chi connectivity index (χ1n) is 6.41. The normalized spacial score (nSPS) is 15.3. The van der Waals surface area contributed by atoms with Crippen molar-refractivity contribution in [1.29, 1.82) is 0 Å². The molecule has 0 radical (unpaired) electrons. The zero-order valence-corrected chi connectivity index (χ0v) is 13.5. The monoisotopic (exact) mass is 356 g/mol. The molecule has 4 nitrogen and oxygen atoms in total. The first-order valence-corrected chi connectivity index (χ1v) is 8.64. The van der Waals surface area contributed by atoms with Crippen LogP contribution in [0.5, 0.6) is 0 Å². The number of nitrogens with zero attached hydrogens (tertiary/aromatic N) is 1. The van der Waals surface area contributed by atoms with E-state index in [1.165, 1.54) is 4.31 Å². The van der Waals surface area contributed by atoms with E-state index in [1.54, 1.807) is 18.2 Å². The van der Waals surface area contributed by atoms with Crippen molar-refractivity contribution in [3.63, 3.8) is 0 Å². The molecule has 0 amide bonds. The molecular weight excluding hydrogens is 340 g/mol. The van der Waals surface area contributed by atoms with Crippen molar-refractivity contribution in [2.45, 2.75) is 24.3 Å².